The highest BCUT2D eigenvalue weighted by atomic mass is 16.5. The van der Waals surface area contributed by atoms with Gasteiger partial charge in [0.05, 0.1) is 0 Å². The predicted octanol–water partition coefficient (Wildman–Crippen LogP) is 0.570. The molecule has 4 heteroatoms. The molecule has 0 aromatic heterocycles. The third kappa shape index (κ3) is 2.55. The van der Waals surface area contributed by atoms with Crippen molar-refractivity contribution in [3.05, 3.63) is 29.8 Å². The molecule has 4 N–H and O–H groups in total. The normalized spacial score (nSPS) is 12.2. The summed E-state index contributed by atoms with van der Waals surface area (Å²) in [5, 5.41) is 0. The van der Waals surface area contributed by atoms with Crippen LogP contribution in [0.1, 0.15) is 18.5 Å². The Hall–Kier alpha value is -1.39. The standard InChI is InChI=1S/C10H14N2O2/c1-7(13)14-10-5-3-2-4-8(10)9(12)6-11/h2-5,9H,6,11-12H2,1H3/t9-/m1/s1. The molecule has 1 rings (SSSR count). The minimum Gasteiger partial charge on any atom is -0.426 e. The van der Waals surface area contributed by atoms with Crippen molar-refractivity contribution in [1.82, 2.24) is 0 Å². The summed E-state index contributed by atoms with van der Waals surface area (Å²) in [6, 6.07) is 6.82. The van der Waals surface area contributed by atoms with Crippen molar-refractivity contribution in [1.29, 1.82) is 0 Å². The van der Waals surface area contributed by atoms with Crippen LogP contribution in [0.25, 0.3) is 0 Å². The van der Waals surface area contributed by atoms with Gasteiger partial charge in [-0.2, -0.15) is 0 Å². The van der Waals surface area contributed by atoms with Gasteiger partial charge in [-0.3, -0.25) is 4.79 Å². The van der Waals surface area contributed by atoms with Crippen LogP contribution in [0.15, 0.2) is 24.3 Å². The van der Waals surface area contributed by atoms with Gasteiger partial charge in [-0.05, 0) is 6.07 Å². The van der Waals surface area contributed by atoms with Crippen LogP contribution in [0.3, 0.4) is 0 Å². The Kier molecular flexibility index (Phi) is 3.62. The van der Waals surface area contributed by atoms with Crippen molar-refractivity contribution in [2.45, 2.75) is 13.0 Å². The van der Waals surface area contributed by atoms with E-state index >= 15 is 0 Å². The summed E-state index contributed by atoms with van der Waals surface area (Å²) >= 11 is 0. The number of carbonyl (C=O) groups excluding carboxylic acids is 1. The summed E-state index contributed by atoms with van der Waals surface area (Å²) in [6.45, 7) is 1.67. The van der Waals surface area contributed by atoms with Crippen LogP contribution in [0, 0.1) is 0 Å². The molecular formula is C10H14N2O2. The number of carbonyl (C=O) groups is 1. The second kappa shape index (κ2) is 4.74. The van der Waals surface area contributed by atoms with Gasteiger partial charge in [0.2, 0.25) is 0 Å². The average Bonchev–Trinajstić information content (AvgIpc) is 2.16. The molecule has 4 nitrogen and oxygen atoms in total. The molecule has 0 aliphatic rings. The van der Waals surface area contributed by atoms with E-state index in [0.29, 0.717) is 12.3 Å². The Morgan fingerprint density at radius 3 is 2.71 bits per heavy atom. The van der Waals surface area contributed by atoms with Crippen LogP contribution < -0.4 is 16.2 Å². The van der Waals surface area contributed by atoms with E-state index < -0.39 is 0 Å². The molecule has 0 spiro atoms. The van der Waals surface area contributed by atoms with Crippen molar-refractivity contribution in [3.63, 3.8) is 0 Å². The van der Waals surface area contributed by atoms with Gasteiger partial charge >= 0.3 is 5.97 Å². The number of nitrogens with two attached hydrogens (primary N) is 2. The molecule has 0 saturated carbocycles. The molecule has 76 valence electrons. The van der Waals surface area contributed by atoms with Crippen LogP contribution >= 0.6 is 0 Å². The molecule has 14 heavy (non-hydrogen) atoms. The zero-order chi connectivity index (χ0) is 10.6. The zero-order valence-electron chi connectivity index (χ0n) is 8.07. The van der Waals surface area contributed by atoms with Crippen LogP contribution in [-0.4, -0.2) is 12.5 Å². The Morgan fingerprint density at radius 2 is 2.14 bits per heavy atom. The van der Waals surface area contributed by atoms with Gasteiger partial charge in [-0.15, -0.1) is 0 Å². The second-order valence-electron chi connectivity index (χ2n) is 2.97. The van der Waals surface area contributed by atoms with Crippen LogP contribution in [0.2, 0.25) is 0 Å². The highest BCUT2D eigenvalue weighted by Crippen LogP contribution is 2.22. The highest BCUT2D eigenvalue weighted by molar-refractivity contribution is 5.69. The van der Waals surface area contributed by atoms with Crippen molar-refractivity contribution in [2.24, 2.45) is 11.5 Å². The van der Waals surface area contributed by atoms with Gasteiger partial charge in [0, 0.05) is 25.1 Å². The lowest BCUT2D eigenvalue weighted by molar-refractivity contribution is -0.131. The number of para-hydroxylation sites is 1. The van der Waals surface area contributed by atoms with Crippen LogP contribution in [-0.2, 0) is 4.79 Å². The van der Waals surface area contributed by atoms with E-state index in [9.17, 15) is 4.79 Å². The summed E-state index contributed by atoms with van der Waals surface area (Å²) in [5.41, 5.74) is 11.9. The third-order valence-electron chi connectivity index (χ3n) is 1.83. The molecule has 0 unspecified atom stereocenters. The molecule has 0 bridgehead atoms. The van der Waals surface area contributed by atoms with Gasteiger partial charge in [-0.25, -0.2) is 0 Å². The summed E-state index contributed by atoms with van der Waals surface area (Å²) in [6.07, 6.45) is 0. The molecular weight excluding hydrogens is 180 g/mol. The monoisotopic (exact) mass is 194 g/mol. The number of hydrogen-bond acceptors (Lipinski definition) is 4. The Bertz CT molecular complexity index is 326. The van der Waals surface area contributed by atoms with E-state index in [0.717, 1.165) is 5.56 Å². The molecule has 0 aliphatic carbocycles. The summed E-state index contributed by atoms with van der Waals surface area (Å²) in [4.78, 5) is 10.8. The quantitative estimate of drug-likeness (QED) is 0.544. The number of benzene rings is 1. The molecule has 1 atom stereocenters. The molecule has 0 heterocycles. The highest BCUT2D eigenvalue weighted by Gasteiger charge is 2.10. The molecule has 0 radical (unpaired) electrons. The first-order valence-electron chi connectivity index (χ1n) is 4.38. The maximum Gasteiger partial charge on any atom is 0.308 e. The first-order valence-corrected chi connectivity index (χ1v) is 4.38. The van der Waals surface area contributed by atoms with E-state index in [1.54, 1.807) is 18.2 Å². The molecule has 0 amide bonds. The SMILES string of the molecule is CC(=O)Oc1ccccc1[C@H](N)CN. The number of esters is 1. The van der Waals surface area contributed by atoms with E-state index in [-0.39, 0.29) is 12.0 Å². The number of rotatable bonds is 3. The van der Waals surface area contributed by atoms with Gasteiger partial charge in [0.1, 0.15) is 5.75 Å². The lowest BCUT2D eigenvalue weighted by Crippen LogP contribution is -2.21. The predicted molar refractivity (Wildman–Crippen MR) is 53.7 cm³/mol. The maximum atomic E-state index is 10.8. The van der Waals surface area contributed by atoms with E-state index in [1.165, 1.54) is 6.92 Å². The minimum atomic E-state index is -0.360. The Labute approximate surface area is 82.8 Å². The van der Waals surface area contributed by atoms with Crippen molar-refractivity contribution < 1.29 is 9.53 Å². The first kappa shape index (κ1) is 10.7. The topological polar surface area (TPSA) is 78.3 Å². The maximum absolute atomic E-state index is 10.8. The number of hydrogen-bond donors (Lipinski definition) is 2. The van der Waals surface area contributed by atoms with Gasteiger partial charge in [-0.1, -0.05) is 18.2 Å². The lowest BCUT2D eigenvalue weighted by Gasteiger charge is -2.13. The van der Waals surface area contributed by atoms with E-state index in [4.69, 9.17) is 16.2 Å². The summed E-state index contributed by atoms with van der Waals surface area (Å²) in [7, 11) is 0. The average molecular weight is 194 g/mol. The largest absolute Gasteiger partial charge is 0.426 e. The molecule has 0 fully saturated rings. The van der Waals surface area contributed by atoms with Gasteiger partial charge in [0.25, 0.3) is 0 Å². The molecule has 0 saturated heterocycles. The lowest BCUT2D eigenvalue weighted by atomic mass is 10.1. The van der Waals surface area contributed by atoms with E-state index in [1.807, 2.05) is 6.07 Å². The fourth-order valence-electron chi connectivity index (χ4n) is 1.16. The first-order chi connectivity index (χ1) is 6.65. The number of ether oxygens (including phenoxy) is 1. The smallest absolute Gasteiger partial charge is 0.308 e. The van der Waals surface area contributed by atoms with Gasteiger partial charge < -0.3 is 16.2 Å². The van der Waals surface area contributed by atoms with Gasteiger partial charge in [0.15, 0.2) is 0 Å². The van der Waals surface area contributed by atoms with Crippen LogP contribution in [0.4, 0.5) is 0 Å². The fourth-order valence-corrected chi connectivity index (χ4v) is 1.16. The Morgan fingerprint density at radius 1 is 1.50 bits per heavy atom. The van der Waals surface area contributed by atoms with Crippen molar-refractivity contribution >= 4 is 5.97 Å². The second-order valence-corrected chi connectivity index (χ2v) is 2.97. The van der Waals surface area contributed by atoms with E-state index in [2.05, 4.69) is 0 Å². The van der Waals surface area contributed by atoms with Crippen LogP contribution in [0.5, 0.6) is 5.75 Å². The molecule has 1 aromatic rings. The molecule has 1 aromatic carbocycles. The third-order valence-corrected chi connectivity index (χ3v) is 1.83. The molecule has 0 aliphatic heterocycles. The minimum absolute atomic E-state index is 0.300. The zero-order valence-corrected chi connectivity index (χ0v) is 8.07. The van der Waals surface area contributed by atoms with Crippen molar-refractivity contribution in [3.8, 4) is 5.75 Å². The Balaban J connectivity index is 2.96. The summed E-state index contributed by atoms with van der Waals surface area (Å²) < 4.78 is 4.99. The fraction of sp³-hybridized carbons (Fsp3) is 0.300. The van der Waals surface area contributed by atoms with Crippen molar-refractivity contribution in [2.75, 3.05) is 6.54 Å². The summed E-state index contributed by atoms with van der Waals surface area (Å²) in [5.74, 6) is 0.125.